The van der Waals surface area contributed by atoms with Crippen LogP contribution in [-0.2, 0) is 11.3 Å². The van der Waals surface area contributed by atoms with Gasteiger partial charge in [-0.1, -0.05) is 12.1 Å². The summed E-state index contributed by atoms with van der Waals surface area (Å²) < 4.78 is 4.99. The summed E-state index contributed by atoms with van der Waals surface area (Å²) >= 11 is 0. The number of benzene rings is 1. The van der Waals surface area contributed by atoms with Gasteiger partial charge >= 0.3 is 0 Å². The minimum absolute atomic E-state index is 0.215. The van der Waals surface area contributed by atoms with Crippen LogP contribution in [-0.4, -0.2) is 35.3 Å². The van der Waals surface area contributed by atoms with Crippen LogP contribution in [0.15, 0.2) is 30.3 Å². The minimum atomic E-state index is 0.215. The molecule has 0 unspecified atom stereocenters. The van der Waals surface area contributed by atoms with Crippen molar-refractivity contribution >= 4 is 0 Å². The first-order valence-corrected chi connectivity index (χ1v) is 6.52. The van der Waals surface area contributed by atoms with Crippen molar-refractivity contribution in [1.82, 2.24) is 15.3 Å². The second-order valence-electron chi connectivity index (χ2n) is 4.54. The number of aryl methyl sites for hydroxylation is 1. The Morgan fingerprint density at radius 3 is 2.85 bits per heavy atom. The van der Waals surface area contributed by atoms with Crippen LogP contribution in [0, 0.1) is 6.92 Å². The molecule has 0 atom stereocenters. The first-order valence-electron chi connectivity index (χ1n) is 6.52. The summed E-state index contributed by atoms with van der Waals surface area (Å²) in [6, 6.07) is 8.92. The molecule has 1 aromatic carbocycles. The molecular weight excluding hydrogens is 254 g/mol. The van der Waals surface area contributed by atoms with Gasteiger partial charge in [-0.25, -0.2) is 9.97 Å². The van der Waals surface area contributed by atoms with E-state index in [1.807, 2.05) is 19.1 Å². The van der Waals surface area contributed by atoms with Crippen LogP contribution in [0.4, 0.5) is 0 Å². The van der Waals surface area contributed by atoms with Crippen LogP contribution in [0.3, 0.4) is 0 Å². The molecule has 0 bridgehead atoms. The van der Waals surface area contributed by atoms with Gasteiger partial charge in [-0.3, -0.25) is 0 Å². The third-order valence-electron chi connectivity index (χ3n) is 2.80. The fourth-order valence-corrected chi connectivity index (χ4v) is 1.89. The molecule has 106 valence electrons. The first kappa shape index (κ1) is 14.4. The van der Waals surface area contributed by atoms with E-state index in [0.717, 1.165) is 23.5 Å². The highest BCUT2D eigenvalue weighted by molar-refractivity contribution is 5.57. The zero-order chi connectivity index (χ0) is 14.4. The molecule has 5 nitrogen and oxygen atoms in total. The average Bonchev–Trinajstić information content (AvgIpc) is 2.43. The van der Waals surface area contributed by atoms with Crippen molar-refractivity contribution in [2.45, 2.75) is 13.5 Å². The van der Waals surface area contributed by atoms with E-state index in [1.165, 1.54) is 0 Å². The van der Waals surface area contributed by atoms with Gasteiger partial charge in [0.25, 0.3) is 0 Å². The monoisotopic (exact) mass is 273 g/mol. The molecule has 0 saturated carbocycles. The van der Waals surface area contributed by atoms with Gasteiger partial charge in [0, 0.05) is 31.5 Å². The van der Waals surface area contributed by atoms with Crippen molar-refractivity contribution in [3.05, 3.63) is 41.7 Å². The molecule has 2 aromatic rings. The number of nitrogens with zero attached hydrogens (tertiary/aromatic N) is 2. The Morgan fingerprint density at radius 1 is 1.25 bits per heavy atom. The molecule has 5 heteroatoms. The van der Waals surface area contributed by atoms with Gasteiger partial charge in [-0.2, -0.15) is 0 Å². The van der Waals surface area contributed by atoms with Crippen molar-refractivity contribution in [2.24, 2.45) is 0 Å². The number of hydrogen-bond donors (Lipinski definition) is 2. The summed E-state index contributed by atoms with van der Waals surface area (Å²) in [5.41, 5.74) is 2.64. The van der Waals surface area contributed by atoms with Crippen molar-refractivity contribution in [1.29, 1.82) is 0 Å². The summed E-state index contributed by atoms with van der Waals surface area (Å²) in [5, 5.41) is 12.8. The highest BCUT2D eigenvalue weighted by Gasteiger charge is 2.05. The topological polar surface area (TPSA) is 67.3 Å². The maximum absolute atomic E-state index is 9.53. The Labute approximate surface area is 118 Å². The molecule has 0 spiro atoms. The minimum Gasteiger partial charge on any atom is -0.508 e. The average molecular weight is 273 g/mol. The van der Waals surface area contributed by atoms with E-state index >= 15 is 0 Å². The van der Waals surface area contributed by atoms with Gasteiger partial charge in [0.15, 0.2) is 5.82 Å². The molecule has 0 radical (unpaired) electrons. The Morgan fingerprint density at radius 2 is 2.10 bits per heavy atom. The maximum Gasteiger partial charge on any atom is 0.159 e. The summed E-state index contributed by atoms with van der Waals surface area (Å²) in [6.45, 7) is 4.05. The predicted octanol–water partition coefficient (Wildman–Crippen LogP) is 1.89. The van der Waals surface area contributed by atoms with Crippen LogP contribution >= 0.6 is 0 Å². The van der Waals surface area contributed by atoms with Gasteiger partial charge in [0.1, 0.15) is 5.75 Å². The smallest absolute Gasteiger partial charge is 0.159 e. The number of phenols is 1. The van der Waals surface area contributed by atoms with Crippen LogP contribution in [0.1, 0.15) is 11.4 Å². The van der Waals surface area contributed by atoms with E-state index in [2.05, 4.69) is 15.3 Å². The number of ether oxygens (including phenoxy) is 1. The van der Waals surface area contributed by atoms with Gasteiger partial charge in [0.2, 0.25) is 0 Å². The maximum atomic E-state index is 9.53. The Balaban J connectivity index is 2.16. The lowest BCUT2D eigenvalue weighted by atomic mass is 10.2. The summed E-state index contributed by atoms with van der Waals surface area (Å²) in [6.07, 6.45) is 0. The molecule has 0 amide bonds. The molecule has 20 heavy (non-hydrogen) atoms. The summed E-state index contributed by atoms with van der Waals surface area (Å²) in [4.78, 5) is 8.93. The van der Waals surface area contributed by atoms with Gasteiger partial charge in [-0.05, 0) is 25.1 Å². The molecule has 2 rings (SSSR count). The van der Waals surface area contributed by atoms with Gasteiger partial charge < -0.3 is 15.2 Å². The first-order chi connectivity index (χ1) is 9.69. The highest BCUT2D eigenvalue weighted by atomic mass is 16.5. The number of phenolic OH excluding ortho intramolecular Hbond substituents is 1. The largest absolute Gasteiger partial charge is 0.508 e. The van der Waals surface area contributed by atoms with Crippen molar-refractivity contribution in [3.63, 3.8) is 0 Å². The molecule has 0 saturated heterocycles. The quantitative estimate of drug-likeness (QED) is 0.787. The Bertz CT molecular complexity index is 573. The van der Waals surface area contributed by atoms with Crippen molar-refractivity contribution in [3.8, 4) is 17.1 Å². The summed E-state index contributed by atoms with van der Waals surface area (Å²) in [5.74, 6) is 0.844. The van der Waals surface area contributed by atoms with E-state index in [0.29, 0.717) is 19.0 Å². The van der Waals surface area contributed by atoms with Crippen LogP contribution in [0.25, 0.3) is 11.4 Å². The Hall–Kier alpha value is -1.98. The zero-order valence-electron chi connectivity index (χ0n) is 11.8. The fourth-order valence-electron chi connectivity index (χ4n) is 1.89. The molecular formula is C15H19N3O2. The molecule has 0 aliphatic carbocycles. The molecule has 0 aliphatic rings. The lowest BCUT2D eigenvalue weighted by Gasteiger charge is -2.07. The number of hydrogen-bond acceptors (Lipinski definition) is 5. The van der Waals surface area contributed by atoms with Gasteiger partial charge in [0.05, 0.1) is 12.3 Å². The van der Waals surface area contributed by atoms with Crippen LogP contribution in [0.5, 0.6) is 5.75 Å². The lowest BCUT2D eigenvalue weighted by Crippen LogP contribution is -2.19. The standard InChI is InChI=1S/C15H19N3O2/c1-11-8-13(10-16-6-7-20-2)18-15(17-11)12-4-3-5-14(19)9-12/h3-5,8-9,16,19H,6-7,10H2,1-2H3. The number of aromatic nitrogens is 2. The summed E-state index contributed by atoms with van der Waals surface area (Å²) in [7, 11) is 1.68. The number of methoxy groups -OCH3 is 1. The zero-order valence-corrected chi connectivity index (χ0v) is 11.8. The number of rotatable bonds is 6. The van der Waals surface area contributed by atoms with Crippen LogP contribution in [0.2, 0.25) is 0 Å². The van der Waals surface area contributed by atoms with Crippen molar-refractivity contribution in [2.75, 3.05) is 20.3 Å². The lowest BCUT2D eigenvalue weighted by molar-refractivity contribution is 0.199. The molecule has 1 aromatic heterocycles. The Kier molecular flexibility index (Phi) is 5.03. The highest BCUT2D eigenvalue weighted by Crippen LogP contribution is 2.20. The number of nitrogens with one attached hydrogen (secondary N) is 1. The molecule has 1 heterocycles. The van der Waals surface area contributed by atoms with E-state index in [4.69, 9.17) is 4.74 Å². The normalized spacial score (nSPS) is 10.7. The van der Waals surface area contributed by atoms with E-state index in [1.54, 1.807) is 25.3 Å². The molecule has 0 fully saturated rings. The van der Waals surface area contributed by atoms with E-state index in [9.17, 15) is 5.11 Å². The van der Waals surface area contributed by atoms with Crippen molar-refractivity contribution < 1.29 is 9.84 Å². The second kappa shape index (κ2) is 6.98. The van der Waals surface area contributed by atoms with Crippen LogP contribution < -0.4 is 5.32 Å². The van der Waals surface area contributed by atoms with E-state index in [-0.39, 0.29) is 5.75 Å². The second-order valence-corrected chi connectivity index (χ2v) is 4.54. The SMILES string of the molecule is COCCNCc1cc(C)nc(-c2cccc(O)c2)n1. The predicted molar refractivity (Wildman–Crippen MR) is 77.5 cm³/mol. The van der Waals surface area contributed by atoms with E-state index < -0.39 is 0 Å². The fraction of sp³-hybridized carbons (Fsp3) is 0.333. The molecule has 0 aliphatic heterocycles. The third-order valence-corrected chi connectivity index (χ3v) is 2.80. The van der Waals surface area contributed by atoms with Gasteiger partial charge in [-0.15, -0.1) is 0 Å². The number of aromatic hydroxyl groups is 1. The third kappa shape index (κ3) is 4.01. The molecule has 2 N–H and O–H groups in total.